The molecule has 3 aromatic rings. The molecule has 1 aliphatic heterocycles. The fourth-order valence-corrected chi connectivity index (χ4v) is 3.98. The first-order chi connectivity index (χ1) is 14.5. The van der Waals surface area contributed by atoms with Gasteiger partial charge in [0.15, 0.2) is 0 Å². The number of nitrogens with one attached hydrogen (secondary N) is 1. The molecule has 1 fully saturated rings. The van der Waals surface area contributed by atoms with Crippen molar-refractivity contribution in [1.29, 1.82) is 0 Å². The maximum absolute atomic E-state index is 13.0. The number of rotatable bonds is 5. The number of aromatic nitrogens is 2. The number of nitrogens with zero attached hydrogens (tertiary/aromatic N) is 3. The Kier molecular flexibility index (Phi) is 5.79. The molecule has 0 saturated carbocycles. The number of likely N-dealkylation sites (tertiary alicyclic amines) is 1. The van der Waals surface area contributed by atoms with Crippen LogP contribution >= 0.6 is 0 Å². The fourth-order valence-electron chi connectivity index (χ4n) is 3.98. The molecule has 7 nitrogen and oxygen atoms in total. The molecule has 1 saturated heterocycles. The van der Waals surface area contributed by atoms with Crippen LogP contribution in [0.25, 0.3) is 22.4 Å². The van der Waals surface area contributed by atoms with Gasteiger partial charge in [0.2, 0.25) is 5.91 Å². The molecule has 0 bridgehead atoms. The number of carbonyl (C=O) groups excluding carboxylic acids is 2. The van der Waals surface area contributed by atoms with Gasteiger partial charge in [-0.3, -0.25) is 9.59 Å². The van der Waals surface area contributed by atoms with Gasteiger partial charge in [0, 0.05) is 31.6 Å². The highest BCUT2D eigenvalue weighted by Gasteiger charge is 2.22. The van der Waals surface area contributed by atoms with E-state index in [4.69, 9.17) is 4.52 Å². The predicted molar refractivity (Wildman–Crippen MR) is 114 cm³/mol. The summed E-state index contributed by atoms with van der Waals surface area (Å²) in [5.41, 5.74) is 2.93. The van der Waals surface area contributed by atoms with Crippen molar-refractivity contribution in [3.8, 4) is 11.3 Å². The second-order valence-corrected chi connectivity index (χ2v) is 7.96. The van der Waals surface area contributed by atoms with E-state index in [1.807, 2.05) is 35.2 Å². The van der Waals surface area contributed by atoms with Crippen molar-refractivity contribution in [2.75, 3.05) is 19.6 Å². The highest BCUT2D eigenvalue weighted by atomic mass is 16.5. The average Bonchev–Trinajstić information content (AvgIpc) is 3.14. The molecular formula is C23H26N4O3. The molecule has 1 aromatic carbocycles. The topological polar surface area (TPSA) is 88.3 Å². The van der Waals surface area contributed by atoms with Gasteiger partial charge in [-0.25, -0.2) is 4.98 Å². The van der Waals surface area contributed by atoms with Gasteiger partial charge in [0.05, 0.1) is 22.3 Å². The number of carbonyl (C=O) groups is 2. The molecule has 3 heterocycles. The molecular weight excluding hydrogens is 380 g/mol. The second kappa shape index (κ2) is 8.65. The van der Waals surface area contributed by atoms with Crippen LogP contribution in [0, 0.1) is 12.8 Å². The second-order valence-electron chi connectivity index (χ2n) is 7.96. The summed E-state index contributed by atoms with van der Waals surface area (Å²) < 4.78 is 5.33. The minimum atomic E-state index is -0.259. The van der Waals surface area contributed by atoms with Gasteiger partial charge in [0.1, 0.15) is 0 Å². The molecule has 0 spiro atoms. The van der Waals surface area contributed by atoms with E-state index in [9.17, 15) is 9.59 Å². The third-order valence-electron chi connectivity index (χ3n) is 5.57. The Balaban J connectivity index is 1.50. The normalized spacial score (nSPS) is 16.6. The summed E-state index contributed by atoms with van der Waals surface area (Å²) in [5, 5.41) is 7.46. The van der Waals surface area contributed by atoms with Crippen molar-refractivity contribution in [3.63, 3.8) is 0 Å². The van der Waals surface area contributed by atoms with E-state index in [0.29, 0.717) is 40.4 Å². The minimum absolute atomic E-state index is 0.0906. The lowest BCUT2D eigenvalue weighted by Crippen LogP contribution is -2.40. The lowest BCUT2D eigenvalue weighted by atomic mass is 10.00. The summed E-state index contributed by atoms with van der Waals surface area (Å²) in [6, 6.07) is 11.4. The Bertz CT molecular complexity index is 1060. The summed E-state index contributed by atoms with van der Waals surface area (Å²) in [7, 11) is 0. The lowest BCUT2D eigenvalue weighted by Gasteiger charge is -2.31. The van der Waals surface area contributed by atoms with Crippen molar-refractivity contribution in [1.82, 2.24) is 20.4 Å². The first kappa shape index (κ1) is 20.1. The van der Waals surface area contributed by atoms with E-state index in [2.05, 4.69) is 22.4 Å². The van der Waals surface area contributed by atoms with Crippen LogP contribution in [0.1, 0.15) is 42.2 Å². The zero-order valence-corrected chi connectivity index (χ0v) is 17.4. The highest BCUT2D eigenvalue weighted by molar-refractivity contribution is 6.07. The van der Waals surface area contributed by atoms with Gasteiger partial charge >= 0.3 is 0 Å². The standard InChI is InChI=1S/C23H26N4O3/c1-15-7-6-12-27(14-15)20(28)10-11-24-22(29)18-13-19(17-8-4-3-5-9-17)25-23-21(18)16(2)26-30-23/h3-5,8-9,13,15H,6-7,10-12,14H2,1-2H3,(H,24,29). The van der Waals surface area contributed by atoms with Crippen LogP contribution in [-0.2, 0) is 4.79 Å². The number of hydrogen-bond acceptors (Lipinski definition) is 5. The molecule has 2 amide bonds. The monoisotopic (exact) mass is 406 g/mol. The molecule has 0 aliphatic carbocycles. The predicted octanol–water partition coefficient (Wildman–Crippen LogP) is 3.58. The summed E-state index contributed by atoms with van der Waals surface area (Å²) in [4.78, 5) is 31.9. The number of pyridine rings is 1. The van der Waals surface area contributed by atoms with E-state index >= 15 is 0 Å². The van der Waals surface area contributed by atoms with E-state index in [0.717, 1.165) is 25.1 Å². The Labute approximate surface area is 175 Å². The van der Waals surface area contributed by atoms with Crippen molar-refractivity contribution < 1.29 is 14.1 Å². The fraction of sp³-hybridized carbons (Fsp3) is 0.391. The quantitative estimate of drug-likeness (QED) is 0.700. The van der Waals surface area contributed by atoms with E-state index in [-0.39, 0.29) is 18.4 Å². The van der Waals surface area contributed by atoms with Gasteiger partial charge < -0.3 is 14.7 Å². The molecule has 1 aliphatic rings. The van der Waals surface area contributed by atoms with Crippen LogP contribution in [0.2, 0.25) is 0 Å². The first-order valence-electron chi connectivity index (χ1n) is 10.4. The number of aryl methyl sites for hydroxylation is 1. The Hall–Kier alpha value is -3.22. The Morgan fingerprint density at radius 2 is 2.07 bits per heavy atom. The zero-order valence-electron chi connectivity index (χ0n) is 17.4. The molecule has 2 aromatic heterocycles. The molecule has 30 heavy (non-hydrogen) atoms. The van der Waals surface area contributed by atoms with Crippen molar-refractivity contribution in [3.05, 3.63) is 47.7 Å². The number of piperidine rings is 1. The Morgan fingerprint density at radius 3 is 2.83 bits per heavy atom. The van der Waals surface area contributed by atoms with E-state index < -0.39 is 0 Å². The van der Waals surface area contributed by atoms with Gasteiger partial charge in [0.25, 0.3) is 11.6 Å². The highest BCUT2D eigenvalue weighted by Crippen LogP contribution is 2.27. The molecule has 156 valence electrons. The number of amides is 2. The molecule has 1 unspecified atom stereocenters. The van der Waals surface area contributed by atoms with E-state index in [1.54, 1.807) is 13.0 Å². The Morgan fingerprint density at radius 1 is 1.27 bits per heavy atom. The SMILES string of the molecule is Cc1noc2nc(-c3ccccc3)cc(C(=O)NCCC(=O)N3CCCC(C)C3)c12. The number of hydrogen-bond donors (Lipinski definition) is 1. The third kappa shape index (κ3) is 4.20. The zero-order chi connectivity index (χ0) is 21.1. The summed E-state index contributed by atoms with van der Waals surface area (Å²) in [6.45, 7) is 5.85. The largest absolute Gasteiger partial charge is 0.351 e. The smallest absolute Gasteiger partial charge is 0.259 e. The maximum Gasteiger partial charge on any atom is 0.259 e. The van der Waals surface area contributed by atoms with Gasteiger partial charge in [-0.15, -0.1) is 0 Å². The number of benzene rings is 1. The maximum atomic E-state index is 13.0. The average molecular weight is 406 g/mol. The van der Waals surface area contributed by atoms with Crippen LogP contribution < -0.4 is 5.32 Å². The van der Waals surface area contributed by atoms with Crippen molar-refractivity contribution in [2.45, 2.75) is 33.1 Å². The van der Waals surface area contributed by atoms with Crippen LogP contribution in [0.3, 0.4) is 0 Å². The van der Waals surface area contributed by atoms with Crippen LogP contribution in [0.5, 0.6) is 0 Å². The van der Waals surface area contributed by atoms with Crippen LogP contribution in [-0.4, -0.2) is 46.5 Å². The minimum Gasteiger partial charge on any atom is -0.351 e. The number of fused-ring (bicyclic) bond motifs is 1. The molecule has 0 radical (unpaired) electrons. The molecule has 4 rings (SSSR count). The van der Waals surface area contributed by atoms with Crippen LogP contribution in [0.15, 0.2) is 40.9 Å². The molecule has 7 heteroatoms. The van der Waals surface area contributed by atoms with Gasteiger partial charge in [-0.1, -0.05) is 42.4 Å². The molecule has 1 N–H and O–H groups in total. The van der Waals surface area contributed by atoms with E-state index in [1.165, 1.54) is 6.42 Å². The van der Waals surface area contributed by atoms with Gasteiger partial charge in [-0.05, 0) is 31.7 Å². The van der Waals surface area contributed by atoms with Crippen LogP contribution in [0.4, 0.5) is 0 Å². The summed E-state index contributed by atoms with van der Waals surface area (Å²) in [5.74, 6) is 0.369. The van der Waals surface area contributed by atoms with Crippen molar-refractivity contribution in [2.24, 2.45) is 5.92 Å². The van der Waals surface area contributed by atoms with Crippen molar-refractivity contribution >= 4 is 22.9 Å². The first-order valence-corrected chi connectivity index (χ1v) is 10.4. The molecule has 1 atom stereocenters. The summed E-state index contributed by atoms with van der Waals surface area (Å²) >= 11 is 0. The lowest BCUT2D eigenvalue weighted by molar-refractivity contribution is -0.132. The van der Waals surface area contributed by atoms with Gasteiger partial charge in [-0.2, -0.15) is 0 Å². The summed E-state index contributed by atoms with van der Waals surface area (Å²) in [6.07, 6.45) is 2.50. The third-order valence-corrected chi connectivity index (χ3v) is 5.57.